The van der Waals surface area contributed by atoms with Gasteiger partial charge in [0.2, 0.25) is 11.8 Å². The molecule has 0 spiro atoms. The van der Waals surface area contributed by atoms with Crippen molar-refractivity contribution in [2.75, 3.05) is 13.6 Å². The van der Waals surface area contributed by atoms with E-state index in [2.05, 4.69) is 20.5 Å². The lowest BCUT2D eigenvalue weighted by Gasteiger charge is -2.39. The number of piperidine rings is 1. The number of Topliss-reactive ketones (excluding diaryl/α,β-unsaturated/α-hetero) is 1. The maximum absolute atomic E-state index is 14.7. The highest BCUT2D eigenvalue weighted by molar-refractivity contribution is 7.12. The number of benzene rings is 2. The molecule has 0 radical (unpaired) electrons. The van der Waals surface area contributed by atoms with Crippen LogP contribution in [0.25, 0.3) is 0 Å². The first-order chi connectivity index (χ1) is 25.4. The molecule has 1 fully saturated rings. The number of likely N-dealkylation sites (tertiary alicyclic amines) is 1. The minimum atomic E-state index is -0.760. The molecule has 53 heavy (non-hydrogen) atoms. The summed E-state index contributed by atoms with van der Waals surface area (Å²) in [6.07, 6.45) is 5.36. The van der Waals surface area contributed by atoms with Crippen LogP contribution in [0.5, 0.6) is 0 Å². The number of carbonyl (C=O) groups excluding carboxylic acids is 5. The van der Waals surface area contributed by atoms with Crippen molar-refractivity contribution in [1.29, 1.82) is 0 Å². The Morgan fingerprint density at radius 2 is 1.62 bits per heavy atom. The summed E-state index contributed by atoms with van der Waals surface area (Å²) in [6.45, 7) is 10.9. The molecule has 1 aromatic heterocycles. The van der Waals surface area contributed by atoms with Gasteiger partial charge in [-0.25, -0.2) is 4.98 Å². The largest absolute Gasteiger partial charge is 0.348 e. The molecule has 2 aromatic carbocycles. The average Bonchev–Trinajstić information content (AvgIpc) is 3.66. The predicted molar refractivity (Wildman–Crippen MR) is 210 cm³/mol. The van der Waals surface area contributed by atoms with Gasteiger partial charge in [0, 0.05) is 36.3 Å². The summed E-state index contributed by atoms with van der Waals surface area (Å²) >= 11 is 1.11. The van der Waals surface area contributed by atoms with Crippen LogP contribution in [0.4, 0.5) is 0 Å². The molecule has 2 N–H and O–H groups in total. The van der Waals surface area contributed by atoms with Gasteiger partial charge in [0.1, 0.15) is 18.0 Å². The summed E-state index contributed by atoms with van der Waals surface area (Å²) in [4.78, 5) is 75.5. The van der Waals surface area contributed by atoms with Crippen LogP contribution in [-0.2, 0) is 27.3 Å². The van der Waals surface area contributed by atoms with Gasteiger partial charge in [0.25, 0.3) is 5.91 Å². The number of carbonyl (C=O) groups is 5. The van der Waals surface area contributed by atoms with Crippen LogP contribution in [-0.4, -0.2) is 82.3 Å². The Bertz CT molecular complexity index is 1650. The van der Waals surface area contributed by atoms with Gasteiger partial charge in [-0.1, -0.05) is 108 Å². The van der Waals surface area contributed by atoms with Crippen molar-refractivity contribution < 1.29 is 24.0 Å². The topological polar surface area (TPSA) is 129 Å². The van der Waals surface area contributed by atoms with Crippen molar-refractivity contribution in [3.8, 4) is 0 Å². The summed E-state index contributed by atoms with van der Waals surface area (Å²) in [5.74, 6) is -1.50. The molecule has 6 atom stereocenters. The van der Waals surface area contributed by atoms with E-state index in [1.807, 2.05) is 102 Å². The van der Waals surface area contributed by atoms with Crippen LogP contribution in [0.3, 0.4) is 0 Å². The second-order valence-corrected chi connectivity index (χ2v) is 15.9. The number of nitrogens with zero attached hydrogens (tertiary/aromatic N) is 3. The molecule has 4 rings (SSSR count). The molecule has 3 aromatic rings. The molecule has 2 heterocycles. The number of thiazole rings is 1. The number of ketones is 1. The minimum absolute atomic E-state index is 0.00479. The zero-order valence-electron chi connectivity index (χ0n) is 32.1. The summed E-state index contributed by atoms with van der Waals surface area (Å²) in [5.41, 5.74) is 2.10. The average molecular weight is 744 g/mol. The fraction of sp³-hybridized carbons (Fsp3) is 0.524. The summed E-state index contributed by atoms with van der Waals surface area (Å²) in [6, 6.07) is 17.6. The normalized spacial score (nSPS) is 17.6. The zero-order chi connectivity index (χ0) is 38.5. The predicted octanol–water partition coefficient (Wildman–Crippen LogP) is 6.35. The van der Waals surface area contributed by atoms with E-state index in [0.717, 1.165) is 54.6 Å². The highest BCUT2D eigenvalue weighted by Gasteiger charge is 2.38. The van der Waals surface area contributed by atoms with Crippen LogP contribution in [0.15, 0.2) is 66.0 Å². The third-order valence-corrected chi connectivity index (χ3v) is 11.3. The van der Waals surface area contributed by atoms with Gasteiger partial charge < -0.3 is 20.3 Å². The third kappa shape index (κ3) is 11.9. The molecule has 3 unspecified atom stereocenters. The second kappa shape index (κ2) is 20.3. The summed E-state index contributed by atoms with van der Waals surface area (Å²) < 4.78 is 0. The van der Waals surface area contributed by atoms with Crippen LogP contribution >= 0.6 is 11.3 Å². The Balaban J connectivity index is 1.56. The first kappa shape index (κ1) is 41.5. The van der Waals surface area contributed by atoms with Crippen molar-refractivity contribution in [2.45, 2.75) is 110 Å². The summed E-state index contributed by atoms with van der Waals surface area (Å²) in [7, 11) is 1.95. The minimum Gasteiger partial charge on any atom is -0.348 e. The number of likely N-dealkylation sites (N-methyl/N-ethyl adjacent to an activating group) is 1. The van der Waals surface area contributed by atoms with E-state index in [1.54, 1.807) is 10.3 Å². The molecule has 286 valence electrons. The molecule has 11 heteroatoms. The van der Waals surface area contributed by atoms with Crippen LogP contribution in [0.2, 0.25) is 0 Å². The second-order valence-electron chi connectivity index (χ2n) is 15.0. The summed E-state index contributed by atoms with van der Waals surface area (Å²) in [5, 5.41) is 7.96. The number of aldehydes is 1. The van der Waals surface area contributed by atoms with Gasteiger partial charge in [-0.2, -0.15) is 0 Å². The highest BCUT2D eigenvalue weighted by atomic mass is 32.1. The lowest BCUT2D eigenvalue weighted by molar-refractivity contribution is -0.142. The molecular weight excluding hydrogens is 687 g/mol. The molecule has 0 saturated carbocycles. The van der Waals surface area contributed by atoms with Crippen molar-refractivity contribution in [3.05, 3.63) is 87.9 Å². The number of aromatic nitrogens is 1. The number of nitrogens with one attached hydrogen (secondary N) is 2. The zero-order valence-corrected chi connectivity index (χ0v) is 32.9. The Morgan fingerprint density at radius 1 is 0.962 bits per heavy atom. The quantitative estimate of drug-likeness (QED) is 0.108. The van der Waals surface area contributed by atoms with Gasteiger partial charge in [0.05, 0.1) is 6.04 Å². The maximum Gasteiger partial charge on any atom is 0.271 e. The Labute approximate surface area is 319 Å². The molecule has 0 bridgehead atoms. The fourth-order valence-corrected chi connectivity index (χ4v) is 7.75. The monoisotopic (exact) mass is 743 g/mol. The van der Waals surface area contributed by atoms with E-state index >= 15 is 0 Å². The first-order valence-corrected chi connectivity index (χ1v) is 19.9. The van der Waals surface area contributed by atoms with Crippen molar-refractivity contribution in [1.82, 2.24) is 25.4 Å². The van der Waals surface area contributed by atoms with Gasteiger partial charge in [-0.05, 0) is 62.2 Å². The number of hydrogen-bond acceptors (Lipinski definition) is 8. The van der Waals surface area contributed by atoms with E-state index in [0.29, 0.717) is 19.3 Å². The van der Waals surface area contributed by atoms with Gasteiger partial charge >= 0.3 is 0 Å². The number of rotatable bonds is 19. The molecule has 3 amide bonds. The van der Waals surface area contributed by atoms with E-state index in [1.165, 1.54) is 0 Å². The number of hydrogen-bond donors (Lipinski definition) is 2. The SMILES string of the molecule is CCC(C)C(NC(=O)C1CCCCN1C)C(=O)N(Cc1ccccc1)[C@H](CC(=O)c1nc(C(=O)N[C@@H](Cc2ccccc2)C[C@H](C)C=O)cs1)C(C)C. The highest BCUT2D eigenvalue weighted by Crippen LogP contribution is 2.25. The smallest absolute Gasteiger partial charge is 0.271 e. The van der Waals surface area contributed by atoms with E-state index < -0.39 is 18.0 Å². The molecule has 1 saturated heterocycles. The van der Waals surface area contributed by atoms with Gasteiger partial charge in [0.15, 0.2) is 10.8 Å². The first-order valence-electron chi connectivity index (χ1n) is 19.1. The van der Waals surface area contributed by atoms with Crippen molar-refractivity contribution in [2.24, 2.45) is 17.8 Å². The fourth-order valence-electron chi connectivity index (χ4n) is 7.00. The Kier molecular flexibility index (Phi) is 15.9. The third-order valence-electron chi connectivity index (χ3n) is 10.4. The van der Waals surface area contributed by atoms with Crippen LogP contribution < -0.4 is 10.6 Å². The maximum atomic E-state index is 14.7. The van der Waals surface area contributed by atoms with E-state index in [-0.39, 0.29) is 71.1 Å². The lowest BCUT2D eigenvalue weighted by Crippen LogP contribution is -2.58. The van der Waals surface area contributed by atoms with E-state index in [9.17, 15) is 24.0 Å². The Hall–Kier alpha value is -4.22. The van der Waals surface area contributed by atoms with Gasteiger partial charge in [-0.3, -0.25) is 24.1 Å². The molecule has 10 nitrogen and oxygen atoms in total. The molecule has 1 aliphatic heterocycles. The molecule has 1 aliphatic rings. The van der Waals surface area contributed by atoms with E-state index in [4.69, 9.17) is 0 Å². The lowest BCUT2D eigenvalue weighted by atomic mass is 9.92. The van der Waals surface area contributed by atoms with Crippen molar-refractivity contribution in [3.63, 3.8) is 0 Å². The van der Waals surface area contributed by atoms with Crippen LogP contribution in [0, 0.1) is 17.8 Å². The molecular formula is C42H57N5O5S. The standard InChI is InChI=1S/C42H57N5O5S/c1-7-30(5)38(45-40(51)35-20-14-15-21-46(35)6)42(52)47(25-32-18-12-9-13-19-32)36(28(2)3)24-37(49)41-44-34(27-53-41)39(50)43-33(22-29(4)26-48)23-31-16-10-8-11-17-31/h8-13,16-19,26-30,33,35-36,38H,7,14-15,20-25H2,1-6H3,(H,43,50)(H,45,51)/t29-,30?,33+,35?,36+,38?/m0/s1. The molecule has 0 aliphatic carbocycles. The van der Waals surface area contributed by atoms with Gasteiger partial charge in [-0.15, -0.1) is 11.3 Å². The Morgan fingerprint density at radius 3 is 2.23 bits per heavy atom. The van der Waals surface area contributed by atoms with Crippen molar-refractivity contribution >= 4 is 41.1 Å². The van der Waals surface area contributed by atoms with Crippen LogP contribution in [0.1, 0.15) is 105 Å². The number of amides is 3.